The molecule has 108 valence electrons. The lowest BCUT2D eigenvalue weighted by Gasteiger charge is -2.28. The number of rotatable bonds is 5. The minimum absolute atomic E-state index is 0. The molecule has 1 amide bonds. The van der Waals surface area contributed by atoms with E-state index in [9.17, 15) is 13.6 Å². The lowest BCUT2D eigenvalue weighted by molar-refractivity contribution is -0.125. The zero-order chi connectivity index (χ0) is 13.8. The van der Waals surface area contributed by atoms with Crippen molar-refractivity contribution >= 4 is 24.0 Å². The zero-order valence-electron chi connectivity index (χ0n) is 11.0. The molecule has 0 heterocycles. The maximum atomic E-state index is 13.0. The van der Waals surface area contributed by atoms with Crippen LogP contribution in [0.5, 0.6) is 0 Å². The summed E-state index contributed by atoms with van der Waals surface area (Å²) in [5.41, 5.74) is 5.05. The van der Waals surface area contributed by atoms with E-state index in [4.69, 9.17) is 5.73 Å². The predicted molar refractivity (Wildman–Crippen MR) is 74.3 cm³/mol. The van der Waals surface area contributed by atoms with Gasteiger partial charge in [0.15, 0.2) is 0 Å². The van der Waals surface area contributed by atoms with E-state index >= 15 is 0 Å². The molecule has 19 heavy (non-hydrogen) atoms. The van der Waals surface area contributed by atoms with Crippen molar-refractivity contribution in [1.29, 1.82) is 0 Å². The van der Waals surface area contributed by atoms with E-state index in [1.165, 1.54) is 0 Å². The second kappa shape index (κ2) is 7.40. The smallest absolute Gasteiger partial charge is 0.231 e. The third kappa shape index (κ3) is 4.14. The minimum Gasteiger partial charge on any atom is -0.329 e. The van der Waals surface area contributed by atoms with Crippen LogP contribution < -0.4 is 11.1 Å². The highest BCUT2D eigenvalue weighted by molar-refractivity contribution is 5.95. The number of amides is 1. The van der Waals surface area contributed by atoms with Gasteiger partial charge in [0.2, 0.25) is 5.91 Å². The third-order valence-electron chi connectivity index (χ3n) is 3.35. The molecule has 0 spiro atoms. The number of carbonyl (C=O) groups excluding carboxylic acids is 1. The molecule has 0 radical (unpaired) electrons. The van der Waals surface area contributed by atoms with Crippen molar-refractivity contribution in [2.24, 2.45) is 11.1 Å². The van der Waals surface area contributed by atoms with Gasteiger partial charge in [-0.05, 0) is 25.0 Å². The third-order valence-corrected chi connectivity index (χ3v) is 3.35. The number of carbonyl (C=O) groups is 1. The van der Waals surface area contributed by atoms with Crippen LogP contribution in [0.15, 0.2) is 18.2 Å². The molecule has 0 aliphatic carbocycles. The average Bonchev–Trinajstić information content (AvgIpc) is 2.30. The van der Waals surface area contributed by atoms with E-state index in [1.807, 2.05) is 13.8 Å². The molecule has 0 aliphatic heterocycles. The van der Waals surface area contributed by atoms with Crippen molar-refractivity contribution in [2.45, 2.75) is 26.7 Å². The maximum absolute atomic E-state index is 13.0. The van der Waals surface area contributed by atoms with Crippen molar-refractivity contribution in [3.05, 3.63) is 29.8 Å². The average molecular weight is 293 g/mol. The summed E-state index contributed by atoms with van der Waals surface area (Å²) in [6.45, 7) is 3.92. The van der Waals surface area contributed by atoms with Crippen LogP contribution in [0.2, 0.25) is 0 Å². The van der Waals surface area contributed by atoms with Crippen molar-refractivity contribution < 1.29 is 13.6 Å². The predicted octanol–water partition coefficient (Wildman–Crippen LogP) is 3.09. The van der Waals surface area contributed by atoms with Gasteiger partial charge in [0.1, 0.15) is 11.6 Å². The molecule has 6 heteroatoms. The SMILES string of the molecule is CCC(CC)(CN)C(=O)Nc1cc(F)cc(F)c1.Cl. The van der Waals surface area contributed by atoms with Crippen LogP contribution in [-0.4, -0.2) is 12.5 Å². The largest absolute Gasteiger partial charge is 0.329 e. The molecule has 0 unspecified atom stereocenters. The fraction of sp³-hybridized carbons (Fsp3) is 0.462. The Kier molecular flexibility index (Phi) is 6.94. The highest BCUT2D eigenvalue weighted by Crippen LogP contribution is 2.27. The van der Waals surface area contributed by atoms with Crippen LogP contribution in [0.3, 0.4) is 0 Å². The Balaban J connectivity index is 0.00000324. The monoisotopic (exact) mass is 292 g/mol. The van der Waals surface area contributed by atoms with Crippen molar-refractivity contribution in [3.63, 3.8) is 0 Å². The van der Waals surface area contributed by atoms with Gasteiger partial charge in [0, 0.05) is 18.3 Å². The van der Waals surface area contributed by atoms with Gasteiger partial charge in [-0.3, -0.25) is 4.79 Å². The van der Waals surface area contributed by atoms with Crippen molar-refractivity contribution in [1.82, 2.24) is 0 Å². The van der Waals surface area contributed by atoms with Crippen LogP contribution >= 0.6 is 12.4 Å². The molecular formula is C13H19ClF2N2O. The number of benzene rings is 1. The number of anilines is 1. The van der Waals surface area contributed by atoms with Gasteiger partial charge in [0.25, 0.3) is 0 Å². The van der Waals surface area contributed by atoms with E-state index in [0.29, 0.717) is 12.8 Å². The highest BCUT2D eigenvalue weighted by Gasteiger charge is 2.33. The van der Waals surface area contributed by atoms with Gasteiger partial charge in [-0.1, -0.05) is 13.8 Å². The Morgan fingerprint density at radius 2 is 1.68 bits per heavy atom. The summed E-state index contributed by atoms with van der Waals surface area (Å²) in [6.07, 6.45) is 1.15. The number of nitrogens with one attached hydrogen (secondary N) is 1. The van der Waals surface area contributed by atoms with Crippen molar-refractivity contribution in [2.75, 3.05) is 11.9 Å². The summed E-state index contributed by atoms with van der Waals surface area (Å²) in [5.74, 6) is -1.76. The molecule has 0 aliphatic rings. The first kappa shape index (κ1) is 17.8. The molecule has 0 aromatic heterocycles. The first-order valence-electron chi connectivity index (χ1n) is 5.95. The number of halogens is 3. The van der Waals surface area contributed by atoms with Crippen LogP contribution in [0.1, 0.15) is 26.7 Å². The van der Waals surface area contributed by atoms with Gasteiger partial charge < -0.3 is 11.1 Å². The molecule has 0 atom stereocenters. The summed E-state index contributed by atoms with van der Waals surface area (Å²) in [6, 6.07) is 2.91. The Hall–Kier alpha value is -1.20. The number of nitrogens with two attached hydrogens (primary N) is 1. The standard InChI is InChI=1S/C13H18F2N2O.ClH/c1-3-13(4-2,8-16)12(18)17-11-6-9(14)5-10(15)7-11;/h5-7H,3-4,8,16H2,1-2H3,(H,17,18);1H. The molecule has 0 saturated carbocycles. The van der Waals surface area contributed by atoms with E-state index in [0.717, 1.165) is 18.2 Å². The van der Waals surface area contributed by atoms with E-state index in [1.54, 1.807) is 0 Å². The molecule has 3 N–H and O–H groups in total. The van der Waals surface area contributed by atoms with Crippen LogP contribution in [-0.2, 0) is 4.79 Å². The first-order chi connectivity index (χ1) is 8.47. The summed E-state index contributed by atoms with van der Waals surface area (Å²) >= 11 is 0. The van der Waals surface area contributed by atoms with E-state index in [-0.39, 0.29) is 30.5 Å². The van der Waals surface area contributed by atoms with Crippen LogP contribution in [0.4, 0.5) is 14.5 Å². The quantitative estimate of drug-likeness (QED) is 0.876. The first-order valence-corrected chi connectivity index (χ1v) is 5.95. The zero-order valence-corrected chi connectivity index (χ0v) is 11.8. The molecule has 3 nitrogen and oxygen atoms in total. The normalized spacial score (nSPS) is 10.8. The second-order valence-corrected chi connectivity index (χ2v) is 4.30. The summed E-state index contributed by atoms with van der Waals surface area (Å²) in [5, 5.41) is 2.52. The van der Waals surface area contributed by atoms with Gasteiger partial charge in [-0.2, -0.15) is 0 Å². The maximum Gasteiger partial charge on any atom is 0.231 e. The highest BCUT2D eigenvalue weighted by atomic mass is 35.5. The topological polar surface area (TPSA) is 55.1 Å². The number of hydrogen-bond acceptors (Lipinski definition) is 2. The Morgan fingerprint density at radius 3 is 2.05 bits per heavy atom. The summed E-state index contributed by atoms with van der Waals surface area (Å²) < 4.78 is 26.0. The molecule has 1 aromatic rings. The van der Waals surface area contributed by atoms with Crippen molar-refractivity contribution in [3.8, 4) is 0 Å². The molecule has 0 saturated heterocycles. The second-order valence-electron chi connectivity index (χ2n) is 4.30. The summed E-state index contributed by atoms with van der Waals surface area (Å²) in [4.78, 5) is 12.1. The molecular weight excluding hydrogens is 274 g/mol. The Morgan fingerprint density at radius 1 is 1.21 bits per heavy atom. The lowest BCUT2D eigenvalue weighted by atomic mass is 9.81. The molecule has 1 aromatic carbocycles. The Labute approximate surface area is 118 Å². The van der Waals surface area contributed by atoms with Gasteiger partial charge in [-0.25, -0.2) is 8.78 Å². The lowest BCUT2D eigenvalue weighted by Crippen LogP contribution is -2.41. The van der Waals surface area contributed by atoms with Gasteiger partial charge in [0.05, 0.1) is 5.41 Å². The van der Waals surface area contributed by atoms with E-state index in [2.05, 4.69) is 5.32 Å². The fourth-order valence-electron chi connectivity index (χ4n) is 1.84. The van der Waals surface area contributed by atoms with Crippen LogP contribution in [0, 0.1) is 17.0 Å². The Bertz CT molecular complexity index is 408. The van der Waals surface area contributed by atoms with Crippen LogP contribution in [0.25, 0.3) is 0 Å². The number of hydrogen-bond donors (Lipinski definition) is 2. The van der Waals surface area contributed by atoms with E-state index < -0.39 is 17.0 Å². The molecule has 0 bridgehead atoms. The molecule has 1 rings (SSSR count). The fourth-order valence-corrected chi connectivity index (χ4v) is 1.84. The minimum atomic E-state index is -0.725. The van der Waals surface area contributed by atoms with Gasteiger partial charge >= 0.3 is 0 Å². The molecule has 0 fully saturated rings. The summed E-state index contributed by atoms with van der Waals surface area (Å²) in [7, 11) is 0. The van der Waals surface area contributed by atoms with Gasteiger partial charge in [-0.15, -0.1) is 12.4 Å².